The lowest BCUT2D eigenvalue weighted by molar-refractivity contribution is -0.330. The molecule has 0 aliphatic carbocycles. The summed E-state index contributed by atoms with van der Waals surface area (Å²) < 4.78 is 82.8. The molecule has 0 fully saturated rings. The highest BCUT2D eigenvalue weighted by Gasteiger charge is 2.28. The molecule has 0 aliphatic heterocycles. The van der Waals surface area contributed by atoms with Crippen LogP contribution in [-0.4, -0.2) is 12.3 Å². The number of hydrogen-bond acceptors (Lipinski definition) is 3. The molecule has 24 heavy (non-hydrogen) atoms. The summed E-state index contributed by atoms with van der Waals surface area (Å²) >= 11 is 0. The smallest absolute Gasteiger partial charge is 0.423 e. The number of carbonyl (C=O) groups is 1. The van der Waals surface area contributed by atoms with E-state index in [9.17, 15) is 31.1 Å². The molecule has 2 rings (SSSR count). The molecular formula is C15H8F6O3. The van der Waals surface area contributed by atoms with Gasteiger partial charge in [-0.25, -0.2) is 18.0 Å². The molecule has 0 radical (unpaired) electrons. The fourth-order valence-electron chi connectivity index (χ4n) is 1.66. The Labute approximate surface area is 131 Å². The predicted molar refractivity (Wildman–Crippen MR) is 68.6 cm³/mol. The van der Waals surface area contributed by atoms with Gasteiger partial charge in [0.15, 0.2) is 17.5 Å². The molecule has 0 aromatic heterocycles. The van der Waals surface area contributed by atoms with Crippen LogP contribution in [0.1, 0.15) is 15.9 Å². The lowest BCUT2D eigenvalue weighted by atomic mass is 10.1. The van der Waals surface area contributed by atoms with E-state index in [0.29, 0.717) is 12.1 Å². The van der Waals surface area contributed by atoms with Crippen molar-refractivity contribution in [2.45, 2.75) is 13.0 Å². The highest BCUT2D eigenvalue weighted by molar-refractivity contribution is 5.91. The predicted octanol–water partition coefficient (Wildman–Crippen LogP) is 4.36. The third kappa shape index (κ3) is 4.72. The van der Waals surface area contributed by atoms with Crippen molar-refractivity contribution in [2.75, 3.05) is 0 Å². The normalized spacial score (nSPS) is 11.4. The molecule has 2 aromatic carbocycles. The quantitative estimate of drug-likeness (QED) is 0.356. The highest BCUT2D eigenvalue weighted by atomic mass is 19.4. The number of benzene rings is 2. The fraction of sp³-hybridized carbons (Fsp3) is 0.133. The van der Waals surface area contributed by atoms with Crippen molar-refractivity contribution in [3.8, 4) is 5.75 Å². The van der Waals surface area contributed by atoms with Gasteiger partial charge in [-0.2, -0.15) is 0 Å². The monoisotopic (exact) mass is 350 g/mol. The minimum absolute atomic E-state index is 0.0871. The van der Waals surface area contributed by atoms with Crippen molar-refractivity contribution >= 4 is 5.97 Å². The van der Waals surface area contributed by atoms with Crippen molar-refractivity contribution in [1.29, 1.82) is 0 Å². The minimum Gasteiger partial charge on any atom is -0.423 e. The second-order valence-corrected chi connectivity index (χ2v) is 4.52. The van der Waals surface area contributed by atoms with E-state index in [1.54, 1.807) is 0 Å². The standard InChI is InChI=1S/C15H8F6O3/c16-11-5-10(6-12(17)13(11)18)24-14(22)9-3-1-8(2-4-9)7-23-15(19,20)21/h1-6H,7H2. The molecule has 9 heteroatoms. The molecule has 0 N–H and O–H groups in total. The summed E-state index contributed by atoms with van der Waals surface area (Å²) in [5.74, 6) is -6.34. The van der Waals surface area contributed by atoms with E-state index in [1.165, 1.54) is 12.1 Å². The Kier molecular flexibility index (Phi) is 5.13. The van der Waals surface area contributed by atoms with Crippen LogP contribution in [0.15, 0.2) is 36.4 Å². The maximum atomic E-state index is 13.0. The molecule has 0 amide bonds. The summed E-state index contributed by atoms with van der Waals surface area (Å²) in [7, 11) is 0. The molecule has 0 spiro atoms. The topological polar surface area (TPSA) is 35.5 Å². The maximum absolute atomic E-state index is 13.0. The Morgan fingerprint density at radius 1 is 0.958 bits per heavy atom. The van der Waals surface area contributed by atoms with E-state index < -0.39 is 42.1 Å². The SMILES string of the molecule is O=C(Oc1cc(F)c(F)c(F)c1)c1ccc(COC(F)(F)F)cc1. The number of halogens is 6. The van der Waals surface area contributed by atoms with Crippen molar-refractivity contribution in [2.24, 2.45) is 0 Å². The summed E-state index contributed by atoms with van der Waals surface area (Å²) in [6, 6.07) is 5.65. The van der Waals surface area contributed by atoms with Gasteiger partial charge in [-0.3, -0.25) is 4.74 Å². The zero-order chi connectivity index (χ0) is 17.9. The van der Waals surface area contributed by atoms with Gasteiger partial charge in [0.2, 0.25) is 0 Å². The summed E-state index contributed by atoms with van der Waals surface area (Å²) in [5, 5.41) is 0. The average Bonchev–Trinajstić information content (AvgIpc) is 2.50. The van der Waals surface area contributed by atoms with Gasteiger partial charge in [-0.05, 0) is 17.7 Å². The van der Waals surface area contributed by atoms with Gasteiger partial charge >= 0.3 is 12.3 Å². The highest BCUT2D eigenvalue weighted by Crippen LogP contribution is 2.21. The zero-order valence-corrected chi connectivity index (χ0v) is 11.7. The van der Waals surface area contributed by atoms with E-state index >= 15 is 0 Å². The van der Waals surface area contributed by atoms with Gasteiger partial charge in [-0.15, -0.1) is 13.2 Å². The van der Waals surface area contributed by atoms with Gasteiger partial charge < -0.3 is 4.74 Å². The lowest BCUT2D eigenvalue weighted by Gasteiger charge is -2.08. The number of rotatable bonds is 4. The molecule has 128 valence electrons. The molecular weight excluding hydrogens is 342 g/mol. The number of hydrogen-bond donors (Lipinski definition) is 0. The van der Waals surface area contributed by atoms with Crippen molar-refractivity contribution < 1.29 is 40.6 Å². The van der Waals surface area contributed by atoms with Gasteiger partial charge in [0.05, 0.1) is 12.2 Å². The van der Waals surface area contributed by atoms with Crippen LogP contribution in [0.2, 0.25) is 0 Å². The minimum atomic E-state index is -4.78. The molecule has 2 aromatic rings. The molecule has 0 atom stereocenters. The number of carbonyl (C=O) groups excluding carboxylic acids is 1. The van der Waals surface area contributed by atoms with Crippen LogP contribution in [0.4, 0.5) is 26.3 Å². The van der Waals surface area contributed by atoms with Crippen LogP contribution in [0.25, 0.3) is 0 Å². The van der Waals surface area contributed by atoms with Crippen molar-refractivity contribution in [3.63, 3.8) is 0 Å². The Balaban J connectivity index is 2.05. The molecule has 0 heterocycles. The van der Waals surface area contributed by atoms with Gasteiger partial charge in [0.1, 0.15) is 5.75 Å². The van der Waals surface area contributed by atoms with Gasteiger partial charge in [0.25, 0.3) is 0 Å². The van der Waals surface area contributed by atoms with E-state index in [0.717, 1.165) is 12.1 Å². The second kappa shape index (κ2) is 6.91. The maximum Gasteiger partial charge on any atom is 0.522 e. The zero-order valence-electron chi connectivity index (χ0n) is 11.7. The first-order valence-corrected chi connectivity index (χ1v) is 6.32. The summed E-state index contributed by atoms with van der Waals surface area (Å²) in [5.41, 5.74) is 0.0543. The van der Waals surface area contributed by atoms with E-state index in [-0.39, 0.29) is 11.1 Å². The third-order valence-corrected chi connectivity index (χ3v) is 2.76. The first-order valence-electron chi connectivity index (χ1n) is 6.32. The van der Waals surface area contributed by atoms with E-state index in [2.05, 4.69) is 9.47 Å². The van der Waals surface area contributed by atoms with Crippen LogP contribution in [0, 0.1) is 17.5 Å². The summed E-state index contributed by atoms with van der Waals surface area (Å²) in [4.78, 5) is 11.8. The molecule has 0 aliphatic rings. The average molecular weight is 350 g/mol. The third-order valence-electron chi connectivity index (χ3n) is 2.76. The Morgan fingerprint density at radius 2 is 1.50 bits per heavy atom. The van der Waals surface area contributed by atoms with Crippen LogP contribution < -0.4 is 4.74 Å². The van der Waals surface area contributed by atoms with Gasteiger partial charge in [-0.1, -0.05) is 12.1 Å². The Hall–Kier alpha value is -2.55. The van der Waals surface area contributed by atoms with Gasteiger partial charge in [0, 0.05) is 12.1 Å². The summed E-state index contributed by atoms with van der Waals surface area (Å²) in [6.07, 6.45) is -4.78. The Morgan fingerprint density at radius 3 is 2.00 bits per heavy atom. The largest absolute Gasteiger partial charge is 0.522 e. The number of ether oxygens (including phenoxy) is 2. The molecule has 3 nitrogen and oxygen atoms in total. The first kappa shape index (κ1) is 17.8. The molecule has 0 saturated carbocycles. The Bertz CT molecular complexity index is 717. The van der Waals surface area contributed by atoms with Crippen molar-refractivity contribution in [1.82, 2.24) is 0 Å². The number of esters is 1. The molecule has 0 bridgehead atoms. The number of alkyl halides is 3. The van der Waals surface area contributed by atoms with E-state index in [1.807, 2.05) is 0 Å². The summed E-state index contributed by atoms with van der Waals surface area (Å²) in [6.45, 7) is -0.743. The van der Waals surface area contributed by atoms with Crippen LogP contribution >= 0.6 is 0 Å². The lowest BCUT2D eigenvalue weighted by Crippen LogP contribution is -2.13. The second-order valence-electron chi connectivity index (χ2n) is 4.52. The van der Waals surface area contributed by atoms with E-state index in [4.69, 9.17) is 0 Å². The molecule has 0 saturated heterocycles. The van der Waals surface area contributed by atoms with Crippen LogP contribution in [0.3, 0.4) is 0 Å². The van der Waals surface area contributed by atoms with Crippen LogP contribution in [0.5, 0.6) is 5.75 Å². The van der Waals surface area contributed by atoms with Crippen molar-refractivity contribution in [3.05, 3.63) is 65.0 Å². The fourth-order valence-corrected chi connectivity index (χ4v) is 1.66. The molecule has 0 unspecified atom stereocenters. The van der Waals surface area contributed by atoms with Crippen LogP contribution in [-0.2, 0) is 11.3 Å². The first-order chi connectivity index (χ1) is 11.2.